The minimum atomic E-state index is -0.514. The summed E-state index contributed by atoms with van der Waals surface area (Å²) >= 11 is 0. The molecule has 2 aromatic rings. The lowest BCUT2D eigenvalue weighted by Gasteiger charge is -2.35. The summed E-state index contributed by atoms with van der Waals surface area (Å²) in [5.41, 5.74) is 1.77. The molecule has 1 aliphatic rings. The Bertz CT molecular complexity index is 651. The summed E-state index contributed by atoms with van der Waals surface area (Å²) in [6.45, 7) is 6.00. The summed E-state index contributed by atoms with van der Waals surface area (Å²) in [6.07, 6.45) is 0.0593. The van der Waals surface area contributed by atoms with Crippen molar-refractivity contribution in [2.24, 2.45) is 0 Å². The molecule has 1 atom stereocenters. The number of fused-ring (bicyclic) bond motifs is 1. The van der Waals surface area contributed by atoms with Crippen LogP contribution in [0, 0.1) is 6.92 Å². The van der Waals surface area contributed by atoms with Crippen LogP contribution in [0.3, 0.4) is 0 Å². The van der Waals surface area contributed by atoms with Gasteiger partial charge in [-0.1, -0.05) is 10.3 Å². The summed E-state index contributed by atoms with van der Waals surface area (Å²) < 4.78 is 16.2. The molecule has 2 heterocycles. The summed E-state index contributed by atoms with van der Waals surface area (Å²) in [5, 5.41) is 17.6. The molecule has 0 amide bonds. The molecular formula is C15H18N2O4. The van der Waals surface area contributed by atoms with E-state index in [-0.39, 0.29) is 6.61 Å². The monoisotopic (exact) mass is 290 g/mol. The Balaban J connectivity index is 1.78. The van der Waals surface area contributed by atoms with Gasteiger partial charge in [-0.15, -0.1) is 0 Å². The molecule has 1 aliphatic heterocycles. The van der Waals surface area contributed by atoms with E-state index in [4.69, 9.17) is 9.47 Å². The van der Waals surface area contributed by atoms with Crippen molar-refractivity contribution in [3.63, 3.8) is 0 Å². The fourth-order valence-corrected chi connectivity index (χ4v) is 2.42. The molecule has 6 nitrogen and oxygen atoms in total. The lowest BCUT2D eigenvalue weighted by molar-refractivity contribution is 0.0113. The maximum atomic E-state index is 10.2. The van der Waals surface area contributed by atoms with Crippen LogP contribution in [0.1, 0.15) is 43.3 Å². The topological polar surface area (TPSA) is 77.6 Å². The molecule has 0 radical (unpaired) electrons. The van der Waals surface area contributed by atoms with Gasteiger partial charge in [0.1, 0.15) is 35.1 Å². The van der Waals surface area contributed by atoms with Crippen LogP contribution in [0.5, 0.6) is 11.5 Å². The molecular weight excluding hydrogens is 272 g/mol. The predicted octanol–water partition coefficient (Wildman–Crippen LogP) is 2.55. The molecule has 6 heteroatoms. The third kappa shape index (κ3) is 2.85. The van der Waals surface area contributed by atoms with Gasteiger partial charge < -0.3 is 14.6 Å². The first kappa shape index (κ1) is 13.9. The molecule has 0 aliphatic carbocycles. The SMILES string of the molecule is Cc1nonc1COc1ccc2c(c1)OC(C)(C)CC2O. The van der Waals surface area contributed by atoms with E-state index in [1.165, 1.54) is 0 Å². The van der Waals surface area contributed by atoms with Crippen molar-refractivity contribution in [2.45, 2.75) is 45.5 Å². The Hall–Kier alpha value is -2.08. The minimum Gasteiger partial charge on any atom is -0.487 e. The molecule has 1 aromatic heterocycles. The zero-order valence-corrected chi connectivity index (χ0v) is 12.3. The summed E-state index contributed by atoms with van der Waals surface area (Å²) in [4.78, 5) is 0. The zero-order chi connectivity index (χ0) is 15.0. The third-order valence-corrected chi connectivity index (χ3v) is 3.54. The normalized spacial score (nSPS) is 19.7. The fraction of sp³-hybridized carbons (Fsp3) is 0.467. The lowest BCUT2D eigenvalue weighted by atomic mass is 9.92. The Morgan fingerprint density at radius 2 is 2.19 bits per heavy atom. The van der Waals surface area contributed by atoms with Gasteiger partial charge in [0.05, 0.1) is 6.10 Å². The molecule has 1 N–H and O–H groups in total. The van der Waals surface area contributed by atoms with Crippen molar-refractivity contribution in [3.8, 4) is 11.5 Å². The maximum Gasteiger partial charge on any atom is 0.145 e. The average Bonchev–Trinajstić information content (AvgIpc) is 2.80. The van der Waals surface area contributed by atoms with Crippen LogP contribution in [0.25, 0.3) is 0 Å². The smallest absolute Gasteiger partial charge is 0.145 e. The van der Waals surface area contributed by atoms with Crippen LogP contribution in [-0.4, -0.2) is 21.0 Å². The van der Waals surface area contributed by atoms with Gasteiger partial charge in [0, 0.05) is 18.1 Å². The minimum absolute atomic E-state index is 0.278. The van der Waals surface area contributed by atoms with E-state index in [0.717, 1.165) is 5.56 Å². The molecule has 0 saturated heterocycles. The second-order valence-corrected chi connectivity index (χ2v) is 5.87. The van der Waals surface area contributed by atoms with Crippen LogP contribution < -0.4 is 9.47 Å². The van der Waals surface area contributed by atoms with Crippen LogP contribution in [0.15, 0.2) is 22.8 Å². The maximum absolute atomic E-state index is 10.2. The summed E-state index contributed by atoms with van der Waals surface area (Å²) in [6, 6.07) is 5.44. The molecule has 0 saturated carbocycles. The first-order chi connectivity index (χ1) is 9.94. The number of aryl methyl sites for hydroxylation is 1. The van der Waals surface area contributed by atoms with Gasteiger partial charge in [-0.25, -0.2) is 4.63 Å². The number of benzene rings is 1. The van der Waals surface area contributed by atoms with Gasteiger partial charge in [-0.05, 0) is 32.9 Å². The molecule has 1 unspecified atom stereocenters. The van der Waals surface area contributed by atoms with Crippen molar-refractivity contribution < 1.29 is 19.2 Å². The number of hydrogen-bond acceptors (Lipinski definition) is 6. The first-order valence-corrected chi connectivity index (χ1v) is 6.86. The van der Waals surface area contributed by atoms with Gasteiger partial charge in [0.2, 0.25) is 0 Å². The molecule has 3 rings (SSSR count). The van der Waals surface area contributed by atoms with E-state index in [1.54, 1.807) is 6.07 Å². The summed E-state index contributed by atoms with van der Waals surface area (Å²) in [7, 11) is 0. The largest absolute Gasteiger partial charge is 0.487 e. The second-order valence-electron chi connectivity index (χ2n) is 5.87. The van der Waals surface area contributed by atoms with Crippen LogP contribution in [0.2, 0.25) is 0 Å². The van der Waals surface area contributed by atoms with Gasteiger partial charge in [-0.3, -0.25) is 0 Å². The first-order valence-electron chi connectivity index (χ1n) is 6.86. The highest BCUT2D eigenvalue weighted by atomic mass is 16.6. The number of aliphatic hydroxyl groups excluding tert-OH is 1. The van der Waals surface area contributed by atoms with Gasteiger partial charge >= 0.3 is 0 Å². The summed E-state index contributed by atoms with van der Waals surface area (Å²) in [5.74, 6) is 1.31. The van der Waals surface area contributed by atoms with Crippen molar-refractivity contribution >= 4 is 0 Å². The third-order valence-electron chi connectivity index (χ3n) is 3.54. The highest BCUT2D eigenvalue weighted by molar-refractivity contribution is 5.43. The molecule has 112 valence electrons. The fourth-order valence-electron chi connectivity index (χ4n) is 2.42. The number of nitrogens with zero attached hydrogens (tertiary/aromatic N) is 2. The standard InChI is InChI=1S/C15H18N2O4/c1-9-12(17-21-16-9)8-19-10-4-5-11-13(18)7-15(2,3)20-14(11)6-10/h4-6,13,18H,7-8H2,1-3H3. The Labute approximate surface area is 122 Å². The van der Waals surface area contributed by atoms with Crippen LogP contribution >= 0.6 is 0 Å². The number of ether oxygens (including phenoxy) is 2. The van der Waals surface area contributed by atoms with E-state index in [2.05, 4.69) is 14.9 Å². The number of aromatic nitrogens is 2. The van der Waals surface area contributed by atoms with Gasteiger partial charge in [0.25, 0.3) is 0 Å². The highest BCUT2D eigenvalue weighted by Gasteiger charge is 2.32. The van der Waals surface area contributed by atoms with Crippen molar-refractivity contribution in [2.75, 3.05) is 0 Å². The van der Waals surface area contributed by atoms with E-state index in [1.807, 2.05) is 32.9 Å². The Kier molecular flexibility index (Phi) is 3.33. The van der Waals surface area contributed by atoms with Crippen LogP contribution in [-0.2, 0) is 6.61 Å². The molecule has 21 heavy (non-hydrogen) atoms. The van der Waals surface area contributed by atoms with E-state index in [0.29, 0.717) is 29.3 Å². The van der Waals surface area contributed by atoms with Crippen LogP contribution in [0.4, 0.5) is 0 Å². The lowest BCUT2D eigenvalue weighted by Crippen LogP contribution is -2.34. The average molecular weight is 290 g/mol. The van der Waals surface area contributed by atoms with Gasteiger partial charge in [0.15, 0.2) is 0 Å². The number of hydrogen-bond donors (Lipinski definition) is 1. The number of aliphatic hydroxyl groups is 1. The predicted molar refractivity (Wildman–Crippen MR) is 74.1 cm³/mol. The van der Waals surface area contributed by atoms with E-state index < -0.39 is 11.7 Å². The van der Waals surface area contributed by atoms with E-state index >= 15 is 0 Å². The highest BCUT2D eigenvalue weighted by Crippen LogP contribution is 2.41. The molecule has 1 aromatic carbocycles. The molecule has 0 spiro atoms. The van der Waals surface area contributed by atoms with Crippen molar-refractivity contribution in [1.29, 1.82) is 0 Å². The number of rotatable bonds is 3. The van der Waals surface area contributed by atoms with Gasteiger partial charge in [-0.2, -0.15) is 0 Å². The molecule has 0 bridgehead atoms. The quantitative estimate of drug-likeness (QED) is 0.936. The van der Waals surface area contributed by atoms with Crippen molar-refractivity contribution in [1.82, 2.24) is 10.3 Å². The zero-order valence-electron chi connectivity index (χ0n) is 12.3. The van der Waals surface area contributed by atoms with E-state index in [9.17, 15) is 5.11 Å². The molecule has 0 fully saturated rings. The second kappa shape index (κ2) is 5.04. The van der Waals surface area contributed by atoms with Crippen molar-refractivity contribution in [3.05, 3.63) is 35.2 Å². The Morgan fingerprint density at radius 1 is 1.38 bits per heavy atom. The Morgan fingerprint density at radius 3 is 2.90 bits per heavy atom.